The van der Waals surface area contributed by atoms with Crippen LogP contribution in [0.1, 0.15) is 25.3 Å². The van der Waals surface area contributed by atoms with Crippen molar-refractivity contribution in [1.82, 2.24) is 15.1 Å². The minimum atomic E-state index is -0.680. The van der Waals surface area contributed by atoms with E-state index in [1.54, 1.807) is 0 Å². The number of piperazine rings is 1. The lowest BCUT2D eigenvalue weighted by atomic mass is 9.96. The molecule has 1 aliphatic carbocycles. The zero-order chi connectivity index (χ0) is 17.6. The Morgan fingerprint density at radius 2 is 1.88 bits per heavy atom. The minimum absolute atomic E-state index is 0.0545. The Balaban J connectivity index is 1.36. The predicted molar refractivity (Wildman–Crippen MR) is 96.3 cm³/mol. The van der Waals surface area contributed by atoms with Gasteiger partial charge in [0, 0.05) is 31.9 Å². The highest BCUT2D eigenvalue weighted by atomic mass is 16.2. The van der Waals surface area contributed by atoms with Crippen molar-refractivity contribution in [2.75, 3.05) is 37.7 Å². The molecule has 1 saturated carbocycles. The second-order valence-corrected chi connectivity index (χ2v) is 7.73. The van der Waals surface area contributed by atoms with E-state index in [2.05, 4.69) is 46.3 Å². The minimum Gasteiger partial charge on any atom is -0.369 e. The molecule has 0 radical (unpaired) electrons. The quantitative estimate of drug-likeness (QED) is 0.848. The lowest BCUT2D eigenvalue weighted by Crippen LogP contribution is -2.52. The first-order valence-corrected chi connectivity index (χ1v) is 9.15. The fourth-order valence-corrected chi connectivity index (χ4v) is 3.95. The Morgan fingerprint density at radius 1 is 1.16 bits per heavy atom. The van der Waals surface area contributed by atoms with Crippen molar-refractivity contribution in [3.8, 4) is 0 Å². The van der Waals surface area contributed by atoms with Crippen LogP contribution in [-0.4, -0.2) is 60.1 Å². The number of nitrogens with zero attached hydrogens (tertiary/aromatic N) is 3. The Bertz CT molecular complexity index is 694. The molecule has 4 rings (SSSR count). The summed E-state index contributed by atoms with van der Waals surface area (Å²) in [5.74, 6) is 0.258. The number of rotatable bonds is 4. The van der Waals surface area contributed by atoms with Crippen molar-refractivity contribution >= 4 is 17.6 Å². The third-order valence-corrected chi connectivity index (χ3v) is 5.78. The van der Waals surface area contributed by atoms with Gasteiger partial charge in [-0.2, -0.15) is 0 Å². The summed E-state index contributed by atoms with van der Waals surface area (Å²) in [5.41, 5.74) is 1.83. The fraction of sp³-hybridized carbons (Fsp3) is 0.579. The number of nitrogens with one attached hydrogen (secondary N) is 1. The number of urea groups is 1. The molecule has 3 amide bonds. The fourth-order valence-electron chi connectivity index (χ4n) is 3.95. The number of benzene rings is 1. The molecule has 0 bridgehead atoms. The van der Waals surface area contributed by atoms with E-state index >= 15 is 0 Å². The average Bonchev–Trinajstić information content (AvgIpc) is 3.42. The molecule has 3 fully saturated rings. The van der Waals surface area contributed by atoms with Gasteiger partial charge in [-0.3, -0.25) is 9.69 Å². The first-order chi connectivity index (χ1) is 12.0. The Kier molecular flexibility index (Phi) is 3.95. The monoisotopic (exact) mass is 342 g/mol. The zero-order valence-corrected chi connectivity index (χ0v) is 15.0. The van der Waals surface area contributed by atoms with E-state index in [1.807, 2.05) is 6.92 Å². The maximum atomic E-state index is 12.7. The molecule has 1 aromatic carbocycles. The van der Waals surface area contributed by atoms with Gasteiger partial charge >= 0.3 is 6.03 Å². The summed E-state index contributed by atoms with van der Waals surface area (Å²) < 4.78 is 0. The van der Waals surface area contributed by atoms with Gasteiger partial charge < -0.3 is 10.2 Å². The maximum Gasteiger partial charge on any atom is 0.326 e. The molecule has 0 aromatic heterocycles. The van der Waals surface area contributed by atoms with Crippen molar-refractivity contribution < 1.29 is 9.59 Å². The number of aryl methyl sites for hydroxylation is 1. The van der Waals surface area contributed by atoms with Crippen molar-refractivity contribution in [1.29, 1.82) is 0 Å². The number of carbonyl (C=O) groups is 2. The van der Waals surface area contributed by atoms with Crippen LogP contribution in [0.5, 0.6) is 0 Å². The summed E-state index contributed by atoms with van der Waals surface area (Å²) in [6, 6.07) is 8.30. The van der Waals surface area contributed by atoms with Crippen LogP contribution in [0.3, 0.4) is 0 Å². The van der Waals surface area contributed by atoms with Crippen LogP contribution < -0.4 is 10.2 Å². The second-order valence-electron chi connectivity index (χ2n) is 7.73. The molecule has 2 aliphatic heterocycles. The maximum absolute atomic E-state index is 12.7. The lowest BCUT2D eigenvalue weighted by Gasteiger charge is -2.37. The number of imide groups is 1. The number of carbonyl (C=O) groups excluding carboxylic acids is 2. The molecule has 2 heterocycles. The summed E-state index contributed by atoms with van der Waals surface area (Å²) in [4.78, 5) is 31.0. The van der Waals surface area contributed by atoms with E-state index in [4.69, 9.17) is 0 Å². The third kappa shape index (κ3) is 2.99. The van der Waals surface area contributed by atoms with Crippen LogP contribution >= 0.6 is 0 Å². The molecule has 6 nitrogen and oxygen atoms in total. The number of anilines is 1. The largest absolute Gasteiger partial charge is 0.369 e. The molecule has 134 valence electrons. The van der Waals surface area contributed by atoms with Crippen molar-refractivity contribution in [3.05, 3.63) is 29.8 Å². The molecule has 2 saturated heterocycles. The molecular weight excluding hydrogens is 316 g/mol. The van der Waals surface area contributed by atoms with Crippen molar-refractivity contribution in [2.45, 2.75) is 32.2 Å². The first kappa shape index (κ1) is 16.4. The number of amides is 3. The van der Waals surface area contributed by atoms with Crippen LogP contribution in [-0.2, 0) is 4.79 Å². The molecule has 3 aliphatic rings. The van der Waals surface area contributed by atoms with Gasteiger partial charge in [0.2, 0.25) is 0 Å². The van der Waals surface area contributed by atoms with Gasteiger partial charge in [-0.1, -0.05) is 12.1 Å². The molecule has 1 unspecified atom stereocenters. The number of hydrogen-bond donors (Lipinski definition) is 1. The van der Waals surface area contributed by atoms with Crippen LogP contribution in [0, 0.1) is 12.8 Å². The van der Waals surface area contributed by atoms with Crippen molar-refractivity contribution in [3.63, 3.8) is 0 Å². The van der Waals surface area contributed by atoms with E-state index in [0.717, 1.165) is 39.0 Å². The topological polar surface area (TPSA) is 55.9 Å². The van der Waals surface area contributed by atoms with Gasteiger partial charge in [0.1, 0.15) is 5.54 Å². The van der Waals surface area contributed by atoms with Gasteiger partial charge in [0.15, 0.2) is 0 Å². The molecule has 25 heavy (non-hydrogen) atoms. The summed E-state index contributed by atoms with van der Waals surface area (Å²) in [6.45, 7) is 7.90. The first-order valence-electron chi connectivity index (χ1n) is 9.15. The Hall–Kier alpha value is -2.08. The van der Waals surface area contributed by atoms with Crippen LogP contribution in [0.4, 0.5) is 10.5 Å². The molecule has 0 spiro atoms. The Morgan fingerprint density at radius 3 is 2.52 bits per heavy atom. The van der Waals surface area contributed by atoms with Crippen LogP contribution in [0.25, 0.3) is 0 Å². The Labute approximate surface area is 148 Å². The normalized spacial score (nSPS) is 27.8. The molecule has 1 N–H and O–H groups in total. The van der Waals surface area contributed by atoms with Gasteiger partial charge in [0.05, 0.1) is 6.67 Å². The summed E-state index contributed by atoms with van der Waals surface area (Å²) >= 11 is 0. The summed E-state index contributed by atoms with van der Waals surface area (Å²) in [7, 11) is 0. The molecule has 1 aromatic rings. The van der Waals surface area contributed by atoms with Gasteiger partial charge in [0.25, 0.3) is 5.91 Å². The predicted octanol–water partition coefficient (Wildman–Crippen LogP) is 1.80. The molecular formula is C19H26N4O2. The molecule has 6 heteroatoms. The van der Waals surface area contributed by atoms with E-state index in [1.165, 1.54) is 16.2 Å². The molecule has 1 atom stereocenters. The van der Waals surface area contributed by atoms with Gasteiger partial charge in [-0.15, -0.1) is 0 Å². The summed E-state index contributed by atoms with van der Waals surface area (Å²) in [6.07, 6.45) is 2.07. The van der Waals surface area contributed by atoms with E-state index in [0.29, 0.717) is 12.6 Å². The SMILES string of the molecule is Cc1cccc(N2CCN(CN3C(=O)NC(C)(C4CC4)C3=O)CC2)c1. The standard InChI is InChI=1S/C19H26N4O2/c1-14-4-3-5-16(12-14)22-10-8-21(9-11-22)13-23-17(24)19(2,15-6-7-15)20-18(23)25/h3-5,12,15H,6-11,13H2,1-2H3,(H,20,25). The highest BCUT2D eigenvalue weighted by Gasteiger charge is 2.56. The van der Waals surface area contributed by atoms with Crippen LogP contribution in [0.15, 0.2) is 24.3 Å². The van der Waals surface area contributed by atoms with Crippen molar-refractivity contribution in [2.24, 2.45) is 5.92 Å². The van der Waals surface area contributed by atoms with Crippen LogP contribution in [0.2, 0.25) is 0 Å². The van der Waals surface area contributed by atoms with E-state index in [-0.39, 0.29) is 11.9 Å². The lowest BCUT2D eigenvalue weighted by molar-refractivity contribution is -0.133. The third-order valence-electron chi connectivity index (χ3n) is 5.78. The van der Waals surface area contributed by atoms with E-state index < -0.39 is 5.54 Å². The smallest absolute Gasteiger partial charge is 0.326 e. The van der Waals surface area contributed by atoms with E-state index in [9.17, 15) is 9.59 Å². The zero-order valence-electron chi connectivity index (χ0n) is 15.0. The summed E-state index contributed by atoms with van der Waals surface area (Å²) in [5, 5.41) is 2.92. The highest BCUT2D eigenvalue weighted by molar-refractivity contribution is 6.07. The number of hydrogen-bond acceptors (Lipinski definition) is 4. The highest BCUT2D eigenvalue weighted by Crippen LogP contribution is 2.42. The van der Waals surface area contributed by atoms with Gasteiger partial charge in [-0.05, 0) is 50.3 Å². The average molecular weight is 342 g/mol. The second kappa shape index (κ2) is 6.02. The van der Waals surface area contributed by atoms with Gasteiger partial charge in [-0.25, -0.2) is 9.69 Å².